The first-order chi connectivity index (χ1) is 9.51. The molecule has 1 N–H and O–H groups in total. The van der Waals surface area contributed by atoms with Crippen LogP contribution in [0.5, 0.6) is 0 Å². The maximum absolute atomic E-state index is 12.0. The monoisotopic (exact) mass is 295 g/mol. The van der Waals surface area contributed by atoms with Crippen LogP contribution >= 0.6 is 11.6 Å². The topological polar surface area (TPSA) is 68.5 Å². The summed E-state index contributed by atoms with van der Waals surface area (Å²) in [5.41, 5.74) is -0.342. The summed E-state index contributed by atoms with van der Waals surface area (Å²) in [6, 6.07) is 6.11. The SMILES string of the molecule is COCC(C)NC(=O)c1cc2cc(Cl)ccc2oc1=O. The van der Waals surface area contributed by atoms with Crippen molar-refractivity contribution in [3.8, 4) is 0 Å². The first-order valence-electron chi connectivity index (χ1n) is 6.04. The van der Waals surface area contributed by atoms with Gasteiger partial charge < -0.3 is 14.5 Å². The minimum atomic E-state index is -0.679. The van der Waals surface area contributed by atoms with Crippen molar-refractivity contribution in [2.45, 2.75) is 13.0 Å². The summed E-state index contributed by atoms with van der Waals surface area (Å²) < 4.78 is 10.0. The van der Waals surface area contributed by atoms with Gasteiger partial charge in [0.05, 0.1) is 6.61 Å². The number of fused-ring (bicyclic) bond motifs is 1. The number of halogens is 1. The number of hydrogen-bond acceptors (Lipinski definition) is 4. The zero-order chi connectivity index (χ0) is 14.7. The molecule has 20 heavy (non-hydrogen) atoms. The molecule has 1 heterocycles. The van der Waals surface area contributed by atoms with E-state index in [1.165, 1.54) is 13.2 Å². The van der Waals surface area contributed by atoms with Gasteiger partial charge in [-0.3, -0.25) is 4.79 Å². The van der Waals surface area contributed by atoms with Crippen LogP contribution in [0.4, 0.5) is 0 Å². The lowest BCUT2D eigenvalue weighted by molar-refractivity contribution is 0.0902. The van der Waals surface area contributed by atoms with Crippen molar-refractivity contribution in [1.29, 1.82) is 0 Å². The van der Waals surface area contributed by atoms with Gasteiger partial charge in [-0.15, -0.1) is 0 Å². The predicted molar refractivity (Wildman–Crippen MR) is 76.3 cm³/mol. The van der Waals surface area contributed by atoms with Crippen LogP contribution in [-0.2, 0) is 4.74 Å². The lowest BCUT2D eigenvalue weighted by atomic mass is 10.1. The van der Waals surface area contributed by atoms with Gasteiger partial charge in [0.25, 0.3) is 5.91 Å². The molecule has 0 radical (unpaired) electrons. The minimum absolute atomic E-state index is 0.0530. The molecular formula is C14H14ClNO4. The Morgan fingerprint density at radius 3 is 2.90 bits per heavy atom. The molecule has 6 heteroatoms. The molecular weight excluding hydrogens is 282 g/mol. The fourth-order valence-electron chi connectivity index (χ4n) is 1.85. The number of rotatable bonds is 4. The van der Waals surface area contributed by atoms with Gasteiger partial charge in [0, 0.05) is 23.6 Å². The van der Waals surface area contributed by atoms with Gasteiger partial charge in [0.15, 0.2) is 0 Å². The van der Waals surface area contributed by atoms with Crippen LogP contribution in [0.25, 0.3) is 11.0 Å². The number of amides is 1. The molecule has 1 aromatic carbocycles. The van der Waals surface area contributed by atoms with Crippen LogP contribution in [0.3, 0.4) is 0 Å². The van der Waals surface area contributed by atoms with Crippen molar-refractivity contribution >= 4 is 28.5 Å². The average Bonchev–Trinajstić information content (AvgIpc) is 2.38. The number of ether oxygens (including phenoxy) is 1. The summed E-state index contributed by atoms with van der Waals surface area (Å²) in [5.74, 6) is -0.495. The maximum Gasteiger partial charge on any atom is 0.349 e. The second-order valence-electron chi connectivity index (χ2n) is 4.46. The normalized spacial score (nSPS) is 12.3. The molecule has 0 bridgehead atoms. The molecule has 0 aliphatic heterocycles. The first kappa shape index (κ1) is 14.6. The number of benzene rings is 1. The Labute approximate surface area is 120 Å². The second kappa shape index (κ2) is 6.07. The van der Waals surface area contributed by atoms with Crippen LogP contribution in [0.2, 0.25) is 5.02 Å². The van der Waals surface area contributed by atoms with E-state index in [0.29, 0.717) is 22.6 Å². The van der Waals surface area contributed by atoms with E-state index in [-0.39, 0.29) is 11.6 Å². The molecule has 0 aliphatic rings. The van der Waals surface area contributed by atoms with Crippen LogP contribution in [0, 0.1) is 0 Å². The molecule has 0 saturated heterocycles. The van der Waals surface area contributed by atoms with Crippen LogP contribution in [0.15, 0.2) is 33.5 Å². The Bertz CT molecular complexity index is 695. The average molecular weight is 296 g/mol. The Kier molecular flexibility index (Phi) is 4.42. The highest BCUT2D eigenvalue weighted by atomic mass is 35.5. The van der Waals surface area contributed by atoms with E-state index in [1.54, 1.807) is 25.1 Å². The van der Waals surface area contributed by atoms with Gasteiger partial charge in [-0.1, -0.05) is 11.6 Å². The molecule has 0 fully saturated rings. The van der Waals surface area contributed by atoms with Gasteiger partial charge in [-0.2, -0.15) is 0 Å². The van der Waals surface area contributed by atoms with Crippen LogP contribution in [-0.4, -0.2) is 25.7 Å². The van der Waals surface area contributed by atoms with Gasteiger partial charge in [0.2, 0.25) is 0 Å². The summed E-state index contributed by atoms with van der Waals surface area (Å²) in [6.45, 7) is 2.14. The molecule has 1 amide bonds. The Hall–Kier alpha value is -1.85. The number of nitrogens with one attached hydrogen (secondary N) is 1. The van der Waals surface area contributed by atoms with Crippen molar-refractivity contribution in [3.63, 3.8) is 0 Å². The van der Waals surface area contributed by atoms with E-state index < -0.39 is 11.5 Å². The number of methoxy groups -OCH3 is 1. The third-order valence-corrected chi connectivity index (χ3v) is 2.97. The minimum Gasteiger partial charge on any atom is -0.422 e. The van der Waals surface area contributed by atoms with Crippen molar-refractivity contribution in [2.24, 2.45) is 0 Å². The Morgan fingerprint density at radius 1 is 1.45 bits per heavy atom. The molecule has 2 rings (SSSR count). The number of carbonyl (C=O) groups is 1. The lowest BCUT2D eigenvalue weighted by Crippen LogP contribution is -2.37. The van der Waals surface area contributed by atoms with Crippen molar-refractivity contribution in [1.82, 2.24) is 5.32 Å². The highest BCUT2D eigenvalue weighted by Gasteiger charge is 2.15. The van der Waals surface area contributed by atoms with Gasteiger partial charge in [-0.25, -0.2) is 4.79 Å². The molecule has 0 aliphatic carbocycles. The van der Waals surface area contributed by atoms with E-state index in [2.05, 4.69) is 5.32 Å². The van der Waals surface area contributed by atoms with Gasteiger partial charge >= 0.3 is 5.63 Å². The van der Waals surface area contributed by atoms with Crippen molar-refractivity contribution < 1.29 is 13.9 Å². The molecule has 1 aromatic heterocycles. The molecule has 1 unspecified atom stereocenters. The Balaban J connectivity index is 2.36. The molecule has 5 nitrogen and oxygen atoms in total. The molecule has 106 valence electrons. The maximum atomic E-state index is 12.0. The summed E-state index contributed by atoms with van der Waals surface area (Å²) >= 11 is 5.88. The third kappa shape index (κ3) is 3.18. The lowest BCUT2D eigenvalue weighted by Gasteiger charge is -2.12. The smallest absolute Gasteiger partial charge is 0.349 e. The van der Waals surface area contributed by atoms with Crippen LogP contribution < -0.4 is 10.9 Å². The molecule has 2 aromatic rings. The van der Waals surface area contributed by atoms with E-state index in [4.69, 9.17) is 20.8 Å². The third-order valence-electron chi connectivity index (χ3n) is 2.73. The summed E-state index contributed by atoms with van der Waals surface area (Å²) in [4.78, 5) is 23.8. The molecule has 1 atom stereocenters. The molecule has 0 saturated carbocycles. The Morgan fingerprint density at radius 2 is 2.20 bits per heavy atom. The zero-order valence-corrected chi connectivity index (χ0v) is 11.9. The summed E-state index contributed by atoms with van der Waals surface area (Å²) in [5, 5.41) is 3.76. The zero-order valence-electron chi connectivity index (χ0n) is 11.1. The standard InChI is InChI=1S/C14H14ClNO4/c1-8(7-19-2)16-13(17)11-6-9-5-10(15)3-4-12(9)20-14(11)18/h3-6,8H,7H2,1-2H3,(H,16,17). The van der Waals surface area contributed by atoms with E-state index in [9.17, 15) is 9.59 Å². The number of hydrogen-bond donors (Lipinski definition) is 1. The van der Waals surface area contributed by atoms with E-state index in [0.717, 1.165) is 0 Å². The largest absolute Gasteiger partial charge is 0.422 e. The highest BCUT2D eigenvalue weighted by molar-refractivity contribution is 6.31. The first-order valence-corrected chi connectivity index (χ1v) is 6.42. The predicted octanol–water partition coefficient (Wildman–Crippen LogP) is 2.21. The van der Waals surface area contributed by atoms with Gasteiger partial charge in [0.1, 0.15) is 11.1 Å². The van der Waals surface area contributed by atoms with Crippen molar-refractivity contribution in [2.75, 3.05) is 13.7 Å². The van der Waals surface area contributed by atoms with Gasteiger partial charge in [-0.05, 0) is 31.2 Å². The number of carbonyl (C=O) groups excluding carboxylic acids is 1. The highest BCUT2D eigenvalue weighted by Crippen LogP contribution is 2.18. The van der Waals surface area contributed by atoms with Crippen LogP contribution in [0.1, 0.15) is 17.3 Å². The summed E-state index contributed by atoms with van der Waals surface area (Å²) in [6.07, 6.45) is 0. The van der Waals surface area contributed by atoms with E-state index >= 15 is 0 Å². The summed E-state index contributed by atoms with van der Waals surface area (Å²) in [7, 11) is 1.54. The fourth-order valence-corrected chi connectivity index (χ4v) is 2.03. The fraction of sp³-hybridized carbons (Fsp3) is 0.286. The quantitative estimate of drug-likeness (QED) is 0.878. The van der Waals surface area contributed by atoms with E-state index in [1.807, 2.05) is 0 Å². The molecule has 0 spiro atoms. The second-order valence-corrected chi connectivity index (χ2v) is 4.90. The van der Waals surface area contributed by atoms with Crippen molar-refractivity contribution in [3.05, 3.63) is 45.3 Å².